The van der Waals surface area contributed by atoms with E-state index in [2.05, 4.69) is 5.32 Å². The minimum atomic E-state index is -0.645. The molecule has 1 rings (SSSR count). The minimum absolute atomic E-state index is 0.251. The molecule has 3 nitrogen and oxygen atoms in total. The summed E-state index contributed by atoms with van der Waals surface area (Å²) in [6.07, 6.45) is 0.384. The van der Waals surface area contributed by atoms with Gasteiger partial charge in [-0.1, -0.05) is 11.6 Å². The van der Waals surface area contributed by atoms with E-state index in [0.29, 0.717) is 22.6 Å². The van der Waals surface area contributed by atoms with Gasteiger partial charge in [0.1, 0.15) is 5.82 Å². The van der Waals surface area contributed by atoms with Crippen molar-refractivity contribution in [3.8, 4) is 0 Å². The number of benzene rings is 1. The van der Waals surface area contributed by atoms with Crippen molar-refractivity contribution < 1.29 is 14.0 Å². The van der Waals surface area contributed by atoms with Gasteiger partial charge in [0, 0.05) is 18.5 Å². The number of carbonyl (C=O) groups excluding carboxylic acids is 2. The molecular formula is C12H13ClFNO2. The molecule has 0 fully saturated rings. The summed E-state index contributed by atoms with van der Waals surface area (Å²) < 4.78 is 13.3. The Labute approximate surface area is 104 Å². The molecule has 0 atom stereocenters. The van der Waals surface area contributed by atoms with Crippen LogP contribution in [-0.2, 0) is 16.0 Å². The van der Waals surface area contributed by atoms with Crippen LogP contribution >= 0.6 is 11.6 Å². The van der Waals surface area contributed by atoms with Gasteiger partial charge in [-0.25, -0.2) is 4.39 Å². The first kappa shape index (κ1) is 13.6. The van der Waals surface area contributed by atoms with Crippen LogP contribution in [0.5, 0.6) is 0 Å². The largest absolute Gasteiger partial charge is 0.349 e. The number of aryl methyl sites for hydroxylation is 1. The fourth-order valence-corrected chi connectivity index (χ4v) is 1.63. The third-order valence-corrected chi connectivity index (χ3v) is 2.68. The Bertz CT molecular complexity index is 460. The maximum atomic E-state index is 13.3. The van der Waals surface area contributed by atoms with Crippen LogP contribution in [0.4, 0.5) is 4.39 Å². The van der Waals surface area contributed by atoms with Crippen molar-refractivity contribution in [2.24, 2.45) is 0 Å². The van der Waals surface area contributed by atoms with E-state index in [9.17, 15) is 14.0 Å². The number of amides is 1. The number of rotatable bonds is 4. The lowest BCUT2D eigenvalue weighted by Crippen LogP contribution is -2.30. The average Bonchev–Trinajstić information content (AvgIpc) is 2.25. The molecule has 92 valence electrons. The molecule has 0 radical (unpaired) electrons. The van der Waals surface area contributed by atoms with Crippen LogP contribution < -0.4 is 5.32 Å². The predicted octanol–water partition coefficient (Wildman–Crippen LogP) is 2.04. The van der Waals surface area contributed by atoms with Crippen molar-refractivity contribution in [1.82, 2.24) is 5.32 Å². The lowest BCUT2D eigenvalue weighted by Gasteiger charge is -2.07. The smallest absolute Gasteiger partial charge is 0.287 e. The topological polar surface area (TPSA) is 46.2 Å². The van der Waals surface area contributed by atoms with Crippen molar-refractivity contribution in [2.75, 3.05) is 6.54 Å². The molecular weight excluding hydrogens is 245 g/mol. The first-order valence-electron chi connectivity index (χ1n) is 5.15. The van der Waals surface area contributed by atoms with Gasteiger partial charge in [0.05, 0.1) is 0 Å². The second kappa shape index (κ2) is 5.77. The van der Waals surface area contributed by atoms with E-state index in [4.69, 9.17) is 11.6 Å². The van der Waals surface area contributed by atoms with Gasteiger partial charge < -0.3 is 5.32 Å². The van der Waals surface area contributed by atoms with Crippen molar-refractivity contribution in [2.45, 2.75) is 20.3 Å². The fourth-order valence-electron chi connectivity index (χ4n) is 1.31. The van der Waals surface area contributed by atoms with E-state index < -0.39 is 11.7 Å². The van der Waals surface area contributed by atoms with Crippen LogP contribution in [0, 0.1) is 12.7 Å². The highest BCUT2D eigenvalue weighted by Gasteiger charge is 2.08. The van der Waals surface area contributed by atoms with E-state index in [0.717, 1.165) is 0 Å². The van der Waals surface area contributed by atoms with Crippen LogP contribution in [0.2, 0.25) is 5.02 Å². The first-order chi connectivity index (χ1) is 7.91. The Hall–Kier alpha value is -1.42. The van der Waals surface area contributed by atoms with Crippen molar-refractivity contribution >= 4 is 23.3 Å². The minimum Gasteiger partial charge on any atom is -0.349 e. The lowest BCUT2D eigenvalue weighted by molar-refractivity contribution is -0.136. The maximum absolute atomic E-state index is 13.3. The molecule has 0 unspecified atom stereocenters. The molecule has 0 bridgehead atoms. The van der Waals surface area contributed by atoms with Gasteiger partial charge in [-0.05, 0) is 36.6 Å². The van der Waals surface area contributed by atoms with Crippen molar-refractivity contribution in [1.29, 1.82) is 0 Å². The van der Waals surface area contributed by atoms with Crippen LogP contribution in [0.15, 0.2) is 12.1 Å². The number of halogens is 2. The second-order valence-corrected chi connectivity index (χ2v) is 4.16. The Balaban J connectivity index is 2.61. The molecule has 0 saturated carbocycles. The monoisotopic (exact) mass is 257 g/mol. The molecule has 1 aromatic rings. The number of hydrogen-bond acceptors (Lipinski definition) is 2. The molecule has 0 aliphatic carbocycles. The third-order valence-electron chi connectivity index (χ3n) is 2.33. The summed E-state index contributed by atoms with van der Waals surface area (Å²) in [6.45, 7) is 3.07. The Morgan fingerprint density at radius 2 is 2.06 bits per heavy atom. The van der Waals surface area contributed by atoms with Gasteiger partial charge in [0.2, 0.25) is 5.78 Å². The van der Waals surface area contributed by atoms with Gasteiger partial charge in [-0.15, -0.1) is 0 Å². The van der Waals surface area contributed by atoms with E-state index in [1.807, 2.05) is 0 Å². The van der Waals surface area contributed by atoms with E-state index in [1.165, 1.54) is 13.0 Å². The number of ketones is 1. The van der Waals surface area contributed by atoms with Gasteiger partial charge >= 0.3 is 0 Å². The number of carbonyl (C=O) groups is 2. The normalized spacial score (nSPS) is 10.1. The molecule has 0 aromatic heterocycles. The average molecular weight is 258 g/mol. The predicted molar refractivity (Wildman–Crippen MR) is 63.5 cm³/mol. The zero-order valence-electron chi connectivity index (χ0n) is 9.64. The lowest BCUT2D eigenvalue weighted by atomic mass is 10.1. The zero-order valence-corrected chi connectivity index (χ0v) is 10.4. The zero-order chi connectivity index (χ0) is 13.0. The van der Waals surface area contributed by atoms with Crippen LogP contribution in [0.3, 0.4) is 0 Å². The number of Topliss-reactive ketones (excluding diaryl/α,β-unsaturated/α-hetero) is 1. The quantitative estimate of drug-likeness (QED) is 0.839. The highest BCUT2D eigenvalue weighted by molar-refractivity contribution is 6.35. The van der Waals surface area contributed by atoms with Crippen LogP contribution in [0.1, 0.15) is 18.1 Å². The highest BCUT2D eigenvalue weighted by Crippen LogP contribution is 2.20. The molecule has 17 heavy (non-hydrogen) atoms. The second-order valence-electron chi connectivity index (χ2n) is 3.75. The molecule has 0 heterocycles. The Kier molecular flexibility index (Phi) is 4.63. The van der Waals surface area contributed by atoms with E-state index in [-0.39, 0.29) is 12.4 Å². The molecule has 1 aromatic carbocycles. The molecule has 0 spiro atoms. The Morgan fingerprint density at radius 3 is 2.65 bits per heavy atom. The van der Waals surface area contributed by atoms with Crippen molar-refractivity contribution in [3.05, 3.63) is 34.1 Å². The van der Waals surface area contributed by atoms with Gasteiger partial charge in [-0.2, -0.15) is 0 Å². The number of hydrogen-bond donors (Lipinski definition) is 1. The molecule has 0 saturated heterocycles. The standard InChI is InChI=1S/C12H13ClFNO2/c1-7-5-10(13)9(6-11(7)14)3-4-15-12(17)8(2)16/h5-6H,3-4H2,1-2H3,(H,15,17). The van der Waals surface area contributed by atoms with Gasteiger partial charge in [0.25, 0.3) is 5.91 Å². The highest BCUT2D eigenvalue weighted by atomic mass is 35.5. The summed E-state index contributed by atoms with van der Waals surface area (Å²) in [4.78, 5) is 21.6. The SMILES string of the molecule is CC(=O)C(=O)NCCc1cc(F)c(C)cc1Cl. The van der Waals surface area contributed by atoms with Crippen LogP contribution in [-0.4, -0.2) is 18.2 Å². The molecule has 0 aliphatic rings. The first-order valence-corrected chi connectivity index (χ1v) is 5.53. The molecule has 1 amide bonds. The molecule has 5 heteroatoms. The summed E-state index contributed by atoms with van der Waals surface area (Å²) in [5.74, 6) is -1.53. The Morgan fingerprint density at radius 1 is 1.41 bits per heavy atom. The summed E-state index contributed by atoms with van der Waals surface area (Å²) in [5.41, 5.74) is 1.09. The summed E-state index contributed by atoms with van der Waals surface area (Å²) in [6, 6.07) is 2.89. The summed E-state index contributed by atoms with van der Waals surface area (Å²) >= 11 is 5.93. The van der Waals surface area contributed by atoms with Crippen LogP contribution in [0.25, 0.3) is 0 Å². The van der Waals surface area contributed by atoms with E-state index >= 15 is 0 Å². The van der Waals surface area contributed by atoms with E-state index in [1.54, 1.807) is 13.0 Å². The van der Waals surface area contributed by atoms with Gasteiger partial charge in [-0.3, -0.25) is 9.59 Å². The number of nitrogens with one attached hydrogen (secondary N) is 1. The molecule has 0 aliphatic heterocycles. The summed E-state index contributed by atoms with van der Waals surface area (Å²) in [7, 11) is 0. The third kappa shape index (κ3) is 3.82. The van der Waals surface area contributed by atoms with Gasteiger partial charge in [0.15, 0.2) is 0 Å². The van der Waals surface area contributed by atoms with Crippen molar-refractivity contribution in [3.63, 3.8) is 0 Å². The molecule has 1 N–H and O–H groups in total. The summed E-state index contributed by atoms with van der Waals surface area (Å²) in [5, 5.41) is 2.88. The maximum Gasteiger partial charge on any atom is 0.287 e. The fraction of sp³-hybridized carbons (Fsp3) is 0.333.